The first kappa shape index (κ1) is 19.9. The second-order valence-corrected chi connectivity index (χ2v) is 7.23. The van der Waals surface area contributed by atoms with Gasteiger partial charge in [0.2, 0.25) is 0 Å². The largest absolute Gasteiger partial charge is 0.478 e. The average Bonchev–Trinajstić information content (AvgIpc) is 3.16. The van der Waals surface area contributed by atoms with Gasteiger partial charge in [-0.2, -0.15) is 10.4 Å². The van der Waals surface area contributed by atoms with E-state index in [-0.39, 0.29) is 11.5 Å². The van der Waals surface area contributed by atoms with Crippen molar-refractivity contribution in [1.82, 2.24) is 9.78 Å². The lowest BCUT2D eigenvalue weighted by molar-refractivity contribution is -0.113. The van der Waals surface area contributed by atoms with Gasteiger partial charge in [0.1, 0.15) is 23.5 Å². The van der Waals surface area contributed by atoms with Crippen molar-refractivity contribution < 1.29 is 14.7 Å². The highest BCUT2D eigenvalue weighted by atomic mass is 16.4. The summed E-state index contributed by atoms with van der Waals surface area (Å²) >= 11 is 0. The molecule has 1 aliphatic rings. The van der Waals surface area contributed by atoms with Gasteiger partial charge in [0.15, 0.2) is 0 Å². The lowest BCUT2D eigenvalue weighted by Crippen LogP contribution is -2.31. The van der Waals surface area contributed by atoms with Gasteiger partial charge in [0.05, 0.1) is 17.3 Å². The Labute approximate surface area is 178 Å². The smallest absolute Gasteiger partial charge is 0.335 e. The summed E-state index contributed by atoms with van der Waals surface area (Å²) in [6.07, 6.45) is 1.44. The monoisotopic (exact) mass is 413 g/mol. The van der Waals surface area contributed by atoms with Gasteiger partial charge >= 0.3 is 5.97 Å². The molecule has 8 heteroatoms. The first-order valence-corrected chi connectivity index (χ1v) is 9.56. The van der Waals surface area contributed by atoms with Crippen LogP contribution in [0.1, 0.15) is 40.0 Å². The molecule has 154 valence electrons. The van der Waals surface area contributed by atoms with Gasteiger partial charge in [-0.1, -0.05) is 30.3 Å². The molecule has 4 rings (SSSR count). The lowest BCUT2D eigenvalue weighted by Gasteiger charge is -2.30. The third-order valence-electron chi connectivity index (χ3n) is 5.26. The molecule has 1 aromatic heterocycles. The zero-order valence-electron chi connectivity index (χ0n) is 16.9. The summed E-state index contributed by atoms with van der Waals surface area (Å²) in [5, 5.41) is 29.0. The van der Waals surface area contributed by atoms with E-state index in [2.05, 4.69) is 21.8 Å². The van der Waals surface area contributed by atoms with Gasteiger partial charge in [-0.05, 0) is 43.2 Å². The molecule has 0 bridgehead atoms. The summed E-state index contributed by atoms with van der Waals surface area (Å²) in [5.41, 5.74) is 3.79. The quantitative estimate of drug-likeness (QED) is 0.600. The van der Waals surface area contributed by atoms with E-state index in [1.807, 2.05) is 31.2 Å². The van der Waals surface area contributed by atoms with Crippen LogP contribution in [0.25, 0.3) is 0 Å². The highest BCUT2D eigenvalue weighted by Crippen LogP contribution is 2.37. The lowest BCUT2D eigenvalue weighted by atomic mass is 9.93. The minimum absolute atomic E-state index is 0.141. The SMILES string of the molecule is CC1=C(C(=O)Nc2ccccc2C)[C@H](c2ccc(C(=O)O)cc2)n2ncc(C#N)c2N1. The Morgan fingerprint density at radius 1 is 1.16 bits per heavy atom. The highest BCUT2D eigenvalue weighted by molar-refractivity contribution is 6.06. The second kappa shape index (κ2) is 7.80. The minimum Gasteiger partial charge on any atom is -0.478 e. The molecule has 8 nitrogen and oxygen atoms in total. The van der Waals surface area contributed by atoms with Crippen molar-refractivity contribution >= 4 is 23.4 Å². The van der Waals surface area contributed by atoms with E-state index < -0.39 is 12.0 Å². The predicted molar refractivity (Wildman–Crippen MR) is 115 cm³/mol. The zero-order valence-corrected chi connectivity index (χ0v) is 16.9. The molecule has 0 saturated carbocycles. The van der Waals surface area contributed by atoms with Gasteiger partial charge < -0.3 is 15.7 Å². The fourth-order valence-electron chi connectivity index (χ4n) is 3.65. The van der Waals surface area contributed by atoms with Crippen LogP contribution < -0.4 is 10.6 Å². The standard InChI is InChI=1S/C23H19N5O3/c1-13-5-3-4-6-18(13)27-22(29)19-14(2)26-21-17(11-24)12-25-28(21)20(19)15-7-9-16(10-8-15)23(30)31/h3-10,12,20,26H,1-2H3,(H,27,29)(H,30,31)/t20-/m0/s1. The van der Waals surface area contributed by atoms with E-state index in [0.717, 1.165) is 5.56 Å². The van der Waals surface area contributed by atoms with Crippen LogP contribution in [0.4, 0.5) is 11.5 Å². The number of aryl methyl sites for hydroxylation is 1. The number of rotatable bonds is 4. The number of benzene rings is 2. The van der Waals surface area contributed by atoms with Gasteiger partial charge in [0, 0.05) is 11.4 Å². The molecule has 0 spiro atoms. The van der Waals surface area contributed by atoms with E-state index in [0.29, 0.717) is 33.9 Å². The number of nitriles is 1. The molecule has 2 aromatic carbocycles. The maximum Gasteiger partial charge on any atom is 0.335 e. The summed E-state index contributed by atoms with van der Waals surface area (Å²) in [6, 6.07) is 15.2. The molecule has 3 N–H and O–H groups in total. The zero-order chi connectivity index (χ0) is 22.1. The summed E-state index contributed by atoms with van der Waals surface area (Å²) in [5.74, 6) is -0.862. The highest BCUT2D eigenvalue weighted by Gasteiger charge is 2.34. The molecule has 31 heavy (non-hydrogen) atoms. The van der Waals surface area contributed by atoms with E-state index in [9.17, 15) is 20.0 Å². The molecule has 0 unspecified atom stereocenters. The number of nitrogens with zero attached hydrogens (tertiary/aromatic N) is 3. The molecule has 0 aliphatic carbocycles. The van der Waals surface area contributed by atoms with E-state index in [1.54, 1.807) is 23.7 Å². The van der Waals surface area contributed by atoms with Crippen LogP contribution in [0.5, 0.6) is 0 Å². The Bertz CT molecular complexity index is 1270. The van der Waals surface area contributed by atoms with Crippen molar-refractivity contribution in [2.24, 2.45) is 0 Å². The van der Waals surface area contributed by atoms with Crippen LogP contribution in [0.15, 0.2) is 66.0 Å². The third-order valence-corrected chi connectivity index (χ3v) is 5.26. The predicted octanol–water partition coefficient (Wildman–Crippen LogP) is 3.69. The minimum atomic E-state index is -1.03. The Morgan fingerprint density at radius 3 is 2.52 bits per heavy atom. The number of aromatic carboxylic acids is 1. The second-order valence-electron chi connectivity index (χ2n) is 7.23. The Balaban J connectivity index is 1.81. The van der Waals surface area contributed by atoms with Crippen LogP contribution in [0, 0.1) is 18.3 Å². The van der Waals surface area contributed by atoms with Crippen molar-refractivity contribution in [1.29, 1.82) is 5.26 Å². The van der Waals surface area contributed by atoms with Crippen LogP contribution in [-0.4, -0.2) is 26.8 Å². The van der Waals surface area contributed by atoms with Crippen molar-refractivity contribution in [2.45, 2.75) is 19.9 Å². The number of aromatic nitrogens is 2. The number of hydrogen-bond acceptors (Lipinski definition) is 5. The number of hydrogen-bond donors (Lipinski definition) is 3. The molecule has 1 atom stereocenters. The van der Waals surface area contributed by atoms with E-state index >= 15 is 0 Å². The first-order chi connectivity index (χ1) is 14.9. The van der Waals surface area contributed by atoms with Crippen molar-refractivity contribution in [3.8, 4) is 6.07 Å². The molecule has 1 aliphatic heterocycles. The van der Waals surface area contributed by atoms with Crippen molar-refractivity contribution in [2.75, 3.05) is 10.6 Å². The molecule has 3 aromatic rings. The number of para-hydroxylation sites is 1. The topological polar surface area (TPSA) is 120 Å². The fraction of sp³-hybridized carbons (Fsp3) is 0.130. The number of allylic oxidation sites excluding steroid dienone is 1. The summed E-state index contributed by atoms with van der Waals surface area (Å²) in [6.45, 7) is 3.67. The number of carboxylic acids is 1. The number of nitrogens with one attached hydrogen (secondary N) is 2. The van der Waals surface area contributed by atoms with Crippen molar-refractivity contribution in [3.05, 3.63) is 88.3 Å². The third kappa shape index (κ3) is 3.53. The van der Waals surface area contributed by atoms with Crippen LogP contribution >= 0.6 is 0 Å². The van der Waals surface area contributed by atoms with Crippen LogP contribution in [0.3, 0.4) is 0 Å². The van der Waals surface area contributed by atoms with Gasteiger partial charge in [0.25, 0.3) is 5.91 Å². The number of carbonyl (C=O) groups is 2. The maximum absolute atomic E-state index is 13.4. The van der Waals surface area contributed by atoms with Gasteiger partial charge in [-0.3, -0.25) is 4.79 Å². The molecule has 2 heterocycles. The maximum atomic E-state index is 13.4. The number of carbonyl (C=O) groups excluding carboxylic acids is 1. The molecule has 0 radical (unpaired) electrons. The normalized spacial score (nSPS) is 14.9. The number of carboxylic acid groups (broad SMARTS) is 1. The number of anilines is 2. The van der Waals surface area contributed by atoms with Gasteiger partial charge in [-0.25, -0.2) is 9.48 Å². The van der Waals surface area contributed by atoms with Crippen LogP contribution in [-0.2, 0) is 4.79 Å². The molecule has 1 amide bonds. The van der Waals surface area contributed by atoms with Crippen LogP contribution in [0.2, 0.25) is 0 Å². The average molecular weight is 413 g/mol. The van der Waals surface area contributed by atoms with E-state index in [4.69, 9.17) is 0 Å². The molecule has 0 saturated heterocycles. The molecular formula is C23H19N5O3. The fourth-order valence-corrected chi connectivity index (χ4v) is 3.65. The molecule has 0 fully saturated rings. The first-order valence-electron chi connectivity index (χ1n) is 9.56. The van der Waals surface area contributed by atoms with Crippen molar-refractivity contribution in [3.63, 3.8) is 0 Å². The summed E-state index contributed by atoms with van der Waals surface area (Å²) < 4.78 is 1.58. The number of amides is 1. The Hall–Kier alpha value is -4.38. The number of fused-ring (bicyclic) bond motifs is 1. The Kier molecular flexibility index (Phi) is 5.01. The van der Waals surface area contributed by atoms with E-state index in [1.165, 1.54) is 18.3 Å². The van der Waals surface area contributed by atoms with Gasteiger partial charge in [-0.15, -0.1) is 0 Å². The Morgan fingerprint density at radius 2 is 1.87 bits per heavy atom. The molecular weight excluding hydrogens is 394 g/mol. The summed E-state index contributed by atoms with van der Waals surface area (Å²) in [4.78, 5) is 24.6. The summed E-state index contributed by atoms with van der Waals surface area (Å²) in [7, 11) is 0.